The molecule has 2 N–H and O–H groups in total. The number of carbonyl (C=O) groups is 1. The first kappa shape index (κ1) is 15.3. The van der Waals surface area contributed by atoms with E-state index in [2.05, 4.69) is 10.6 Å². The Morgan fingerprint density at radius 1 is 1.37 bits per heavy atom. The molecule has 0 aliphatic carbocycles. The van der Waals surface area contributed by atoms with E-state index in [-0.39, 0.29) is 5.91 Å². The molecule has 0 aliphatic heterocycles. The second kappa shape index (κ2) is 9.24. The summed E-state index contributed by atoms with van der Waals surface area (Å²) >= 11 is 4.99. The first-order chi connectivity index (χ1) is 9.22. The molecule has 0 heterocycles. The van der Waals surface area contributed by atoms with Gasteiger partial charge in [-0.1, -0.05) is 30.3 Å². The maximum atomic E-state index is 11.6. The van der Waals surface area contributed by atoms with E-state index < -0.39 is 0 Å². The molecule has 1 aromatic carbocycles. The molecule has 0 aromatic heterocycles. The van der Waals surface area contributed by atoms with Crippen LogP contribution in [0.5, 0.6) is 0 Å². The van der Waals surface area contributed by atoms with Crippen LogP contribution in [-0.2, 0) is 9.53 Å². The molecule has 1 rings (SSSR count). The molecule has 0 radical (unpaired) electrons. The standard InChI is InChI=1S/C14H18N2O2S/c1-18-11-5-10-15-14(19)16-13(17)9-8-12-6-3-2-4-7-12/h2-4,6-9H,5,10-11H2,1H3,(H2,15,16,17,19)/b9-8+. The molecular weight excluding hydrogens is 260 g/mol. The fourth-order valence-corrected chi connectivity index (χ4v) is 1.55. The van der Waals surface area contributed by atoms with Gasteiger partial charge in [0.05, 0.1) is 0 Å². The highest BCUT2D eigenvalue weighted by molar-refractivity contribution is 7.80. The number of carbonyl (C=O) groups excluding carboxylic acids is 1. The molecule has 0 fully saturated rings. The fourth-order valence-electron chi connectivity index (χ4n) is 1.35. The van der Waals surface area contributed by atoms with E-state index in [9.17, 15) is 4.79 Å². The highest BCUT2D eigenvalue weighted by Crippen LogP contribution is 2.00. The summed E-state index contributed by atoms with van der Waals surface area (Å²) in [6.45, 7) is 1.34. The topological polar surface area (TPSA) is 50.4 Å². The zero-order valence-corrected chi connectivity index (χ0v) is 11.7. The van der Waals surface area contributed by atoms with Crippen LogP contribution >= 0.6 is 12.2 Å². The second-order valence-electron chi connectivity index (χ2n) is 3.84. The average molecular weight is 278 g/mol. The van der Waals surface area contributed by atoms with Crippen molar-refractivity contribution in [2.75, 3.05) is 20.3 Å². The van der Waals surface area contributed by atoms with Gasteiger partial charge in [-0.2, -0.15) is 0 Å². The summed E-state index contributed by atoms with van der Waals surface area (Å²) in [5, 5.41) is 5.85. The molecule has 102 valence electrons. The Bertz CT molecular complexity index is 432. The van der Waals surface area contributed by atoms with Crippen molar-refractivity contribution < 1.29 is 9.53 Å². The monoisotopic (exact) mass is 278 g/mol. The van der Waals surface area contributed by atoms with E-state index >= 15 is 0 Å². The van der Waals surface area contributed by atoms with Crippen molar-refractivity contribution in [1.29, 1.82) is 0 Å². The summed E-state index contributed by atoms with van der Waals surface area (Å²) in [4.78, 5) is 11.6. The number of rotatable bonds is 6. The van der Waals surface area contributed by atoms with Crippen LogP contribution in [0.25, 0.3) is 6.08 Å². The first-order valence-corrected chi connectivity index (χ1v) is 6.44. The SMILES string of the molecule is COCCCNC(=S)NC(=O)/C=C/c1ccccc1. The summed E-state index contributed by atoms with van der Waals surface area (Å²) < 4.78 is 4.91. The van der Waals surface area contributed by atoms with Gasteiger partial charge in [0.15, 0.2) is 5.11 Å². The summed E-state index contributed by atoms with van der Waals surface area (Å²) in [6, 6.07) is 9.60. The smallest absolute Gasteiger partial charge is 0.250 e. The van der Waals surface area contributed by atoms with E-state index in [1.165, 1.54) is 6.08 Å². The molecule has 1 aromatic rings. The maximum Gasteiger partial charge on any atom is 0.250 e. The van der Waals surface area contributed by atoms with Crippen molar-refractivity contribution in [2.24, 2.45) is 0 Å². The van der Waals surface area contributed by atoms with Crippen LogP contribution < -0.4 is 10.6 Å². The van der Waals surface area contributed by atoms with Gasteiger partial charge >= 0.3 is 0 Å². The molecule has 5 heteroatoms. The van der Waals surface area contributed by atoms with E-state index in [1.54, 1.807) is 13.2 Å². The first-order valence-electron chi connectivity index (χ1n) is 6.03. The second-order valence-corrected chi connectivity index (χ2v) is 4.24. The third-order valence-electron chi connectivity index (χ3n) is 2.27. The number of amides is 1. The van der Waals surface area contributed by atoms with Gasteiger partial charge in [-0.3, -0.25) is 10.1 Å². The number of methoxy groups -OCH3 is 1. The van der Waals surface area contributed by atoms with Crippen molar-refractivity contribution in [3.8, 4) is 0 Å². The van der Waals surface area contributed by atoms with Gasteiger partial charge in [-0.05, 0) is 30.3 Å². The van der Waals surface area contributed by atoms with Crippen LogP contribution in [0.4, 0.5) is 0 Å². The number of ether oxygens (including phenoxy) is 1. The lowest BCUT2D eigenvalue weighted by Gasteiger charge is -2.07. The van der Waals surface area contributed by atoms with Crippen LogP contribution in [0.1, 0.15) is 12.0 Å². The third-order valence-corrected chi connectivity index (χ3v) is 2.52. The van der Waals surface area contributed by atoms with Crippen molar-refractivity contribution >= 4 is 29.3 Å². The molecule has 0 saturated carbocycles. The lowest BCUT2D eigenvalue weighted by Crippen LogP contribution is -2.39. The van der Waals surface area contributed by atoms with E-state index in [1.807, 2.05) is 30.3 Å². The van der Waals surface area contributed by atoms with Crippen LogP contribution in [0.3, 0.4) is 0 Å². The molecule has 0 saturated heterocycles. The molecule has 4 nitrogen and oxygen atoms in total. The Morgan fingerprint density at radius 3 is 2.79 bits per heavy atom. The van der Waals surface area contributed by atoms with Gasteiger partial charge in [0.25, 0.3) is 0 Å². The van der Waals surface area contributed by atoms with Crippen LogP contribution in [0.2, 0.25) is 0 Å². The largest absolute Gasteiger partial charge is 0.385 e. The Morgan fingerprint density at radius 2 is 2.11 bits per heavy atom. The minimum atomic E-state index is -0.243. The lowest BCUT2D eigenvalue weighted by molar-refractivity contribution is -0.115. The van der Waals surface area contributed by atoms with Gasteiger partial charge in [-0.15, -0.1) is 0 Å². The number of nitrogens with one attached hydrogen (secondary N) is 2. The number of benzene rings is 1. The molecular formula is C14H18N2O2S. The highest BCUT2D eigenvalue weighted by atomic mass is 32.1. The third kappa shape index (κ3) is 7.33. The quantitative estimate of drug-likeness (QED) is 0.473. The van der Waals surface area contributed by atoms with Gasteiger partial charge in [-0.25, -0.2) is 0 Å². The van der Waals surface area contributed by atoms with Crippen LogP contribution in [0, 0.1) is 0 Å². The van der Waals surface area contributed by atoms with E-state index in [0.29, 0.717) is 18.3 Å². The molecule has 19 heavy (non-hydrogen) atoms. The molecule has 1 amide bonds. The molecule has 0 atom stereocenters. The zero-order valence-electron chi connectivity index (χ0n) is 10.9. The Kier molecular flexibility index (Phi) is 7.46. The summed E-state index contributed by atoms with van der Waals surface area (Å²) in [5.74, 6) is -0.243. The Labute approximate surface area is 118 Å². The minimum absolute atomic E-state index is 0.243. The van der Waals surface area contributed by atoms with Crippen molar-refractivity contribution in [1.82, 2.24) is 10.6 Å². The van der Waals surface area contributed by atoms with E-state index in [0.717, 1.165) is 12.0 Å². The predicted molar refractivity (Wildman–Crippen MR) is 80.7 cm³/mol. The van der Waals surface area contributed by atoms with E-state index in [4.69, 9.17) is 17.0 Å². The van der Waals surface area contributed by atoms with Crippen molar-refractivity contribution in [3.63, 3.8) is 0 Å². The van der Waals surface area contributed by atoms with Crippen LogP contribution in [-0.4, -0.2) is 31.3 Å². The van der Waals surface area contributed by atoms with Crippen molar-refractivity contribution in [3.05, 3.63) is 42.0 Å². The normalized spacial score (nSPS) is 10.4. The minimum Gasteiger partial charge on any atom is -0.385 e. The van der Waals surface area contributed by atoms with Crippen molar-refractivity contribution in [2.45, 2.75) is 6.42 Å². The molecule has 0 bridgehead atoms. The molecule has 0 spiro atoms. The summed E-state index contributed by atoms with van der Waals surface area (Å²) in [6.07, 6.45) is 4.04. The molecule has 0 unspecified atom stereocenters. The number of hydrogen-bond acceptors (Lipinski definition) is 3. The van der Waals surface area contributed by atoms with Gasteiger partial charge in [0, 0.05) is 26.3 Å². The van der Waals surface area contributed by atoms with Gasteiger partial charge in [0.2, 0.25) is 5.91 Å². The average Bonchev–Trinajstić information content (AvgIpc) is 2.42. The summed E-state index contributed by atoms with van der Waals surface area (Å²) in [5.41, 5.74) is 0.969. The maximum absolute atomic E-state index is 11.6. The molecule has 0 aliphatic rings. The lowest BCUT2D eigenvalue weighted by atomic mass is 10.2. The van der Waals surface area contributed by atoms with Gasteiger partial charge in [0.1, 0.15) is 0 Å². The predicted octanol–water partition coefficient (Wildman–Crippen LogP) is 1.73. The Balaban J connectivity index is 2.27. The number of thiocarbonyl (C=S) groups is 1. The Hall–Kier alpha value is -1.72. The summed E-state index contributed by atoms with van der Waals surface area (Å²) in [7, 11) is 1.65. The zero-order chi connectivity index (χ0) is 13.9. The fraction of sp³-hybridized carbons (Fsp3) is 0.286. The van der Waals surface area contributed by atoms with Crippen LogP contribution in [0.15, 0.2) is 36.4 Å². The van der Waals surface area contributed by atoms with Gasteiger partial charge < -0.3 is 10.1 Å². The number of hydrogen-bond donors (Lipinski definition) is 2. The highest BCUT2D eigenvalue weighted by Gasteiger charge is 1.99.